The largest absolute Gasteiger partial charge is 0.381 e. The number of amides is 1. The van der Waals surface area contributed by atoms with Gasteiger partial charge in [0.15, 0.2) is 0 Å². The number of nitrogens with two attached hydrogens (primary N) is 1. The van der Waals surface area contributed by atoms with Crippen LogP contribution >= 0.6 is 15.9 Å². The van der Waals surface area contributed by atoms with Crippen LogP contribution in [-0.4, -0.2) is 31.7 Å². The number of nitrogens with one attached hydrogen (secondary N) is 1. The highest BCUT2D eigenvalue weighted by molar-refractivity contribution is 9.10. The zero-order valence-electron chi connectivity index (χ0n) is 13.3. The first kappa shape index (κ1) is 17.4. The highest BCUT2D eigenvalue weighted by atomic mass is 79.9. The molecular weight excluding hydrogens is 344 g/mol. The average Bonchev–Trinajstić information content (AvgIpc) is 2.53. The second-order valence-electron chi connectivity index (χ2n) is 6.59. The summed E-state index contributed by atoms with van der Waals surface area (Å²) in [5.41, 5.74) is 7.15. The molecule has 0 radical (unpaired) electrons. The van der Waals surface area contributed by atoms with Crippen molar-refractivity contribution in [2.24, 2.45) is 11.7 Å². The SMILES string of the molecule is CC(C)(CNC(=O)C(N)C1CCOCC1)c1cccc(Br)c1. The second kappa shape index (κ2) is 7.57. The van der Waals surface area contributed by atoms with Crippen LogP contribution in [0, 0.1) is 5.92 Å². The van der Waals surface area contributed by atoms with Crippen molar-refractivity contribution in [1.82, 2.24) is 5.32 Å². The lowest BCUT2D eigenvalue weighted by Gasteiger charge is -2.29. The predicted octanol–water partition coefficient (Wildman–Crippen LogP) is 2.60. The summed E-state index contributed by atoms with van der Waals surface area (Å²) in [6.45, 7) is 6.22. The predicted molar refractivity (Wildman–Crippen MR) is 91.7 cm³/mol. The average molecular weight is 369 g/mol. The van der Waals surface area contributed by atoms with Crippen LogP contribution in [0.15, 0.2) is 28.7 Å². The molecule has 1 atom stereocenters. The van der Waals surface area contributed by atoms with Gasteiger partial charge in [-0.2, -0.15) is 0 Å². The molecule has 0 saturated carbocycles. The fourth-order valence-corrected chi connectivity index (χ4v) is 3.13. The molecule has 2 rings (SSSR count). The van der Waals surface area contributed by atoms with Crippen molar-refractivity contribution in [1.29, 1.82) is 0 Å². The quantitative estimate of drug-likeness (QED) is 0.839. The maximum absolute atomic E-state index is 12.3. The minimum absolute atomic E-state index is 0.0602. The molecule has 3 N–H and O–H groups in total. The minimum Gasteiger partial charge on any atom is -0.381 e. The highest BCUT2D eigenvalue weighted by Crippen LogP contribution is 2.25. The Morgan fingerprint density at radius 3 is 2.77 bits per heavy atom. The maximum atomic E-state index is 12.3. The van der Waals surface area contributed by atoms with Crippen molar-refractivity contribution in [3.63, 3.8) is 0 Å². The van der Waals surface area contributed by atoms with E-state index in [2.05, 4.69) is 47.2 Å². The first-order chi connectivity index (χ1) is 10.4. The summed E-state index contributed by atoms with van der Waals surface area (Å²) in [6, 6.07) is 7.73. The molecule has 0 aromatic heterocycles. The van der Waals surface area contributed by atoms with Crippen LogP contribution in [0.5, 0.6) is 0 Å². The van der Waals surface area contributed by atoms with Gasteiger partial charge in [0.1, 0.15) is 0 Å². The molecule has 1 saturated heterocycles. The molecule has 0 aliphatic carbocycles. The van der Waals surface area contributed by atoms with E-state index in [1.807, 2.05) is 12.1 Å². The lowest BCUT2D eigenvalue weighted by molar-refractivity contribution is -0.124. The van der Waals surface area contributed by atoms with Crippen LogP contribution in [0.25, 0.3) is 0 Å². The third kappa shape index (κ3) is 4.54. The number of carbonyl (C=O) groups is 1. The van der Waals surface area contributed by atoms with Crippen LogP contribution < -0.4 is 11.1 Å². The van der Waals surface area contributed by atoms with Gasteiger partial charge in [-0.15, -0.1) is 0 Å². The van der Waals surface area contributed by atoms with E-state index in [1.54, 1.807) is 0 Å². The summed E-state index contributed by atoms with van der Waals surface area (Å²) < 4.78 is 6.37. The summed E-state index contributed by atoms with van der Waals surface area (Å²) >= 11 is 3.49. The van der Waals surface area contributed by atoms with E-state index in [4.69, 9.17) is 10.5 Å². The smallest absolute Gasteiger partial charge is 0.237 e. The van der Waals surface area contributed by atoms with Crippen LogP contribution in [-0.2, 0) is 14.9 Å². The van der Waals surface area contributed by atoms with E-state index < -0.39 is 6.04 Å². The van der Waals surface area contributed by atoms with Crippen molar-refractivity contribution in [3.05, 3.63) is 34.3 Å². The van der Waals surface area contributed by atoms with E-state index in [0.717, 1.165) is 17.3 Å². The van der Waals surface area contributed by atoms with Crippen LogP contribution in [0.2, 0.25) is 0 Å². The fourth-order valence-electron chi connectivity index (χ4n) is 2.73. The van der Waals surface area contributed by atoms with Crippen molar-refractivity contribution in [2.45, 2.75) is 38.1 Å². The molecule has 5 heteroatoms. The topological polar surface area (TPSA) is 64.4 Å². The Bertz CT molecular complexity index is 513. The summed E-state index contributed by atoms with van der Waals surface area (Å²) in [4.78, 5) is 12.3. The summed E-state index contributed by atoms with van der Waals surface area (Å²) in [5, 5.41) is 3.02. The van der Waals surface area contributed by atoms with E-state index in [-0.39, 0.29) is 17.2 Å². The summed E-state index contributed by atoms with van der Waals surface area (Å²) in [6.07, 6.45) is 1.73. The van der Waals surface area contributed by atoms with Crippen LogP contribution in [0.3, 0.4) is 0 Å². The first-order valence-electron chi connectivity index (χ1n) is 7.77. The van der Waals surface area contributed by atoms with Crippen molar-refractivity contribution in [2.75, 3.05) is 19.8 Å². The molecule has 1 aliphatic rings. The van der Waals surface area contributed by atoms with Crippen molar-refractivity contribution >= 4 is 21.8 Å². The Balaban J connectivity index is 1.91. The molecule has 4 nitrogen and oxygen atoms in total. The number of hydrogen-bond acceptors (Lipinski definition) is 3. The molecule has 1 unspecified atom stereocenters. The van der Waals surface area contributed by atoms with Gasteiger partial charge in [0.05, 0.1) is 6.04 Å². The van der Waals surface area contributed by atoms with Gasteiger partial charge in [-0.05, 0) is 36.5 Å². The molecule has 0 spiro atoms. The van der Waals surface area contributed by atoms with Gasteiger partial charge in [-0.1, -0.05) is 41.9 Å². The summed E-state index contributed by atoms with van der Waals surface area (Å²) in [5.74, 6) is 0.165. The van der Waals surface area contributed by atoms with E-state index in [1.165, 1.54) is 5.56 Å². The molecule has 22 heavy (non-hydrogen) atoms. The molecule has 1 aromatic carbocycles. The Labute approximate surface area is 140 Å². The van der Waals surface area contributed by atoms with Gasteiger partial charge in [0.25, 0.3) is 0 Å². The second-order valence-corrected chi connectivity index (χ2v) is 7.50. The zero-order chi connectivity index (χ0) is 16.2. The molecule has 1 fully saturated rings. The summed E-state index contributed by atoms with van der Waals surface area (Å²) in [7, 11) is 0. The van der Waals surface area contributed by atoms with Gasteiger partial charge in [-0.25, -0.2) is 0 Å². The van der Waals surface area contributed by atoms with Gasteiger partial charge < -0.3 is 15.8 Å². The van der Waals surface area contributed by atoms with Crippen molar-refractivity contribution < 1.29 is 9.53 Å². The van der Waals surface area contributed by atoms with Gasteiger partial charge >= 0.3 is 0 Å². The highest BCUT2D eigenvalue weighted by Gasteiger charge is 2.28. The Kier molecular flexibility index (Phi) is 6.01. The normalized spacial score (nSPS) is 18.0. The van der Waals surface area contributed by atoms with E-state index >= 15 is 0 Å². The van der Waals surface area contributed by atoms with Crippen LogP contribution in [0.4, 0.5) is 0 Å². The molecule has 0 bridgehead atoms. The number of benzene rings is 1. The molecule has 1 heterocycles. The van der Waals surface area contributed by atoms with E-state index in [0.29, 0.717) is 19.8 Å². The van der Waals surface area contributed by atoms with Gasteiger partial charge in [0, 0.05) is 29.6 Å². The minimum atomic E-state index is -0.442. The lowest BCUT2D eigenvalue weighted by Crippen LogP contribution is -2.49. The van der Waals surface area contributed by atoms with E-state index in [9.17, 15) is 4.79 Å². The molecule has 1 aromatic rings. The third-order valence-corrected chi connectivity index (χ3v) is 4.88. The fraction of sp³-hybridized carbons (Fsp3) is 0.588. The molecule has 122 valence electrons. The number of carbonyl (C=O) groups excluding carboxylic acids is 1. The van der Waals surface area contributed by atoms with Gasteiger partial charge in [-0.3, -0.25) is 4.79 Å². The number of hydrogen-bond donors (Lipinski definition) is 2. The number of ether oxygens (including phenoxy) is 1. The number of rotatable bonds is 5. The third-order valence-electron chi connectivity index (χ3n) is 4.39. The number of halogens is 1. The molecule has 1 aliphatic heterocycles. The maximum Gasteiger partial charge on any atom is 0.237 e. The first-order valence-corrected chi connectivity index (χ1v) is 8.56. The van der Waals surface area contributed by atoms with Gasteiger partial charge in [0.2, 0.25) is 5.91 Å². The van der Waals surface area contributed by atoms with Crippen LogP contribution in [0.1, 0.15) is 32.3 Å². The zero-order valence-corrected chi connectivity index (χ0v) is 14.9. The molecule has 1 amide bonds. The lowest BCUT2D eigenvalue weighted by atomic mass is 9.84. The Hall–Kier alpha value is -0.910. The molecular formula is C17H25BrN2O2. The standard InChI is InChI=1S/C17H25BrN2O2/c1-17(2,13-4-3-5-14(18)10-13)11-20-16(21)15(19)12-6-8-22-9-7-12/h3-5,10,12,15H,6-9,11,19H2,1-2H3,(H,20,21). The Morgan fingerprint density at radius 1 is 1.45 bits per heavy atom. The van der Waals surface area contributed by atoms with Crippen molar-refractivity contribution in [3.8, 4) is 0 Å². The Morgan fingerprint density at radius 2 is 2.14 bits per heavy atom. The monoisotopic (exact) mass is 368 g/mol.